The summed E-state index contributed by atoms with van der Waals surface area (Å²) in [6.45, 7) is 8.00. The standard InChI is InChI=1S/C17H25NO5/c1-11(2)8-13(10-15(20)18-4-6-22-7-5-18)17-16(21)14(19)9-12(3)23-17/h9,11,13,21H,4-8,10H2,1-3H3. The average Bonchev–Trinajstić information content (AvgIpc) is 2.50. The zero-order valence-corrected chi connectivity index (χ0v) is 14.0. The first-order chi connectivity index (χ1) is 10.9. The molecule has 1 amide bonds. The van der Waals surface area contributed by atoms with E-state index >= 15 is 0 Å². The summed E-state index contributed by atoms with van der Waals surface area (Å²) in [5, 5.41) is 10.1. The molecular weight excluding hydrogens is 298 g/mol. The minimum atomic E-state index is -0.462. The Bertz CT molecular complexity index is 601. The molecule has 0 bridgehead atoms. The summed E-state index contributed by atoms with van der Waals surface area (Å²) in [6.07, 6.45) is 0.883. The number of aryl methyl sites for hydroxylation is 1. The van der Waals surface area contributed by atoms with Crippen molar-refractivity contribution in [1.29, 1.82) is 0 Å². The lowest BCUT2D eigenvalue weighted by Gasteiger charge is -2.28. The van der Waals surface area contributed by atoms with E-state index in [0.29, 0.717) is 44.4 Å². The van der Waals surface area contributed by atoms with Gasteiger partial charge in [0.05, 0.1) is 13.2 Å². The zero-order chi connectivity index (χ0) is 17.0. The summed E-state index contributed by atoms with van der Waals surface area (Å²) in [6, 6.07) is 1.26. The fourth-order valence-corrected chi connectivity index (χ4v) is 2.91. The van der Waals surface area contributed by atoms with Crippen LogP contribution in [0.3, 0.4) is 0 Å². The molecule has 128 valence electrons. The first-order valence-corrected chi connectivity index (χ1v) is 8.07. The monoisotopic (exact) mass is 323 g/mol. The Kier molecular flexibility index (Phi) is 5.82. The van der Waals surface area contributed by atoms with Gasteiger partial charge in [-0.15, -0.1) is 0 Å². The van der Waals surface area contributed by atoms with Crippen LogP contribution < -0.4 is 5.43 Å². The fraction of sp³-hybridized carbons (Fsp3) is 0.647. The molecule has 1 unspecified atom stereocenters. The van der Waals surface area contributed by atoms with Crippen molar-refractivity contribution in [2.24, 2.45) is 5.92 Å². The van der Waals surface area contributed by atoms with E-state index in [1.807, 2.05) is 13.8 Å². The number of hydrogen-bond donors (Lipinski definition) is 1. The van der Waals surface area contributed by atoms with Gasteiger partial charge in [0.1, 0.15) is 5.76 Å². The topological polar surface area (TPSA) is 80.0 Å². The van der Waals surface area contributed by atoms with Gasteiger partial charge in [0.25, 0.3) is 0 Å². The van der Waals surface area contributed by atoms with Crippen LogP contribution in [0.1, 0.15) is 44.1 Å². The molecule has 23 heavy (non-hydrogen) atoms. The van der Waals surface area contributed by atoms with Gasteiger partial charge in [-0.1, -0.05) is 13.8 Å². The van der Waals surface area contributed by atoms with Crippen LogP contribution in [0, 0.1) is 12.8 Å². The van der Waals surface area contributed by atoms with Crippen LogP contribution in [0.25, 0.3) is 0 Å². The maximum atomic E-state index is 12.5. The molecule has 2 rings (SSSR count). The number of hydrogen-bond acceptors (Lipinski definition) is 5. The molecule has 1 aromatic heterocycles. The minimum Gasteiger partial charge on any atom is -0.502 e. The van der Waals surface area contributed by atoms with Crippen LogP contribution in [-0.2, 0) is 9.53 Å². The third-order valence-electron chi connectivity index (χ3n) is 3.98. The largest absolute Gasteiger partial charge is 0.502 e. The second-order valence-corrected chi connectivity index (χ2v) is 6.46. The molecule has 0 aromatic carbocycles. The van der Waals surface area contributed by atoms with Gasteiger partial charge in [-0.05, 0) is 19.3 Å². The van der Waals surface area contributed by atoms with Crippen LogP contribution in [0.2, 0.25) is 0 Å². The summed E-state index contributed by atoms with van der Waals surface area (Å²) in [5.41, 5.74) is -0.462. The van der Waals surface area contributed by atoms with Gasteiger partial charge in [0.2, 0.25) is 17.1 Å². The van der Waals surface area contributed by atoms with Crippen molar-refractivity contribution >= 4 is 5.91 Å². The van der Waals surface area contributed by atoms with Crippen molar-refractivity contribution in [1.82, 2.24) is 4.90 Å². The summed E-state index contributed by atoms with van der Waals surface area (Å²) >= 11 is 0. The summed E-state index contributed by atoms with van der Waals surface area (Å²) in [7, 11) is 0. The second kappa shape index (κ2) is 7.64. The quantitative estimate of drug-likeness (QED) is 0.897. The maximum absolute atomic E-state index is 12.5. The molecule has 0 radical (unpaired) electrons. The van der Waals surface area contributed by atoms with Crippen LogP contribution in [0.5, 0.6) is 5.75 Å². The van der Waals surface area contributed by atoms with Gasteiger partial charge in [0, 0.05) is 31.5 Å². The Morgan fingerprint density at radius 2 is 2.00 bits per heavy atom. The average molecular weight is 323 g/mol. The van der Waals surface area contributed by atoms with E-state index in [1.54, 1.807) is 11.8 Å². The molecule has 1 aliphatic heterocycles. The van der Waals surface area contributed by atoms with Crippen LogP contribution in [-0.4, -0.2) is 42.2 Å². The predicted octanol–water partition coefficient (Wildman–Crippen LogP) is 2.03. The molecule has 6 heteroatoms. The minimum absolute atomic E-state index is 0.00232. The highest BCUT2D eigenvalue weighted by atomic mass is 16.5. The van der Waals surface area contributed by atoms with Crippen molar-refractivity contribution in [2.75, 3.05) is 26.3 Å². The van der Waals surface area contributed by atoms with Gasteiger partial charge in [0.15, 0.2) is 5.76 Å². The maximum Gasteiger partial charge on any atom is 0.227 e. The lowest BCUT2D eigenvalue weighted by molar-refractivity contribution is -0.135. The molecule has 1 fully saturated rings. The smallest absolute Gasteiger partial charge is 0.227 e. The molecule has 0 spiro atoms. The summed E-state index contributed by atoms with van der Waals surface area (Å²) in [4.78, 5) is 26.1. The molecule has 6 nitrogen and oxygen atoms in total. The highest BCUT2D eigenvalue weighted by molar-refractivity contribution is 5.77. The second-order valence-electron chi connectivity index (χ2n) is 6.46. The van der Waals surface area contributed by atoms with Gasteiger partial charge in [-0.2, -0.15) is 0 Å². The summed E-state index contributed by atoms with van der Waals surface area (Å²) < 4.78 is 10.9. The van der Waals surface area contributed by atoms with Crippen molar-refractivity contribution in [2.45, 2.75) is 39.5 Å². The van der Waals surface area contributed by atoms with E-state index in [1.165, 1.54) is 6.07 Å². The molecule has 0 saturated carbocycles. The molecule has 2 heterocycles. The van der Waals surface area contributed by atoms with Crippen LogP contribution in [0.15, 0.2) is 15.3 Å². The molecule has 1 atom stereocenters. The molecule has 1 saturated heterocycles. The number of carbonyl (C=O) groups is 1. The number of aromatic hydroxyl groups is 1. The number of rotatable bonds is 5. The van der Waals surface area contributed by atoms with Gasteiger partial charge < -0.3 is 19.2 Å². The first kappa shape index (κ1) is 17.5. The van der Waals surface area contributed by atoms with E-state index in [4.69, 9.17) is 9.15 Å². The fourth-order valence-electron chi connectivity index (χ4n) is 2.91. The van der Waals surface area contributed by atoms with Crippen molar-refractivity contribution < 1.29 is 19.1 Å². The van der Waals surface area contributed by atoms with E-state index in [9.17, 15) is 14.7 Å². The number of amides is 1. The molecule has 1 N–H and O–H groups in total. The summed E-state index contributed by atoms with van der Waals surface area (Å²) in [5.74, 6) is 0.292. The number of nitrogens with zero attached hydrogens (tertiary/aromatic N) is 1. The van der Waals surface area contributed by atoms with Crippen molar-refractivity contribution in [3.63, 3.8) is 0 Å². The molecule has 1 aliphatic rings. The van der Waals surface area contributed by atoms with Crippen molar-refractivity contribution in [3.8, 4) is 5.75 Å². The lowest BCUT2D eigenvalue weighted by Crippen LogP contribution is -2.41. The van der Waals surface area contributed by atoms with E-state index in [-0.39, 0.29) is 29.8 Å². The third-order valence-corrected chi connectivity index (χ3v) is 3.98. The third kappa shape index (κ3) is 4.58. The van der Waals surface area contributed by atoms with Gasteiger partial charge in [-0.3, -0.25) is 9.59 Å². The number of carbonyl (C=O) groups excluding carboxylic acids is 1. The van der Waals surface area contributed by atoms with Gasteiger partial charge in [-0.25, -0.2) is 0 Å². The highest BCUT2D eigenvalue weighted by Gasteiger charge is 2.27. The molecule has 1 aromatic rings. The Morgan fingerprint density at radius 3 is 2.61 bits per heavy atom. The SMILES string of the molecule is Cc1cc(=O)c(O)c(C(CC(=O)N2CCOCC2)CC(C)C)o1. The normalized spacial score (nSPS) is 16.6. The predicted molar refractivity (Wildman–Crippen MR) is 85.6 cm³/mol. The van der Waals surface area contributed by atoms with E-state index < -0.39 is 5.43 Å². The zero-order valence-electron chi connectivity index (χ0n) is 14.0. The highest BCUT2D eigenvalue weighted by Crippen LogP contribution is 2.32. The molecular formula is C17H25NO5. The Balaban J connectivity index is 2.23. The van der Waals surface area contributed by atoms with E-state index in [2.05, 4.69) is 0 Å². The number of morpholine rings is 1. The van der Waals surface area contributed by atoms with Crippen LogP contribution in [0.4, 0.5) is 0 Å². The lowest BCUT2D eigenvalue weighted by atomic mass is 9.90. The first-order valence-electron chi connectivity index (χ1n) is 8.07. The Morgan fingerprint density at radius 1 is 1.35 bits per heavy atom. The number of ether oxygens (including phenoxy) is 1. The molecule has 0 aliphatic carbocycles. The Hall–Kier alpha value is -1.82. The van der Waals surface area contributed by atoms with Crippen LogP contribution >= 0.6 is 0 Å². The van der Waals surface area contributed by atoms with Crippen molar-refractivity contribution in [3.05, 3.63) is 27.8 Å². The Labute approximate surface area is 136 Å². The van der Waals surface area contributed by atoms with Gasteiger partial charge >= 0.3 is 0 Å². The van der Waals surface area contributed by atoms with E-state index in [0.717, 1.165) is 0 Å².